The van der Waals surface area contributed by atoms with E-state index < -0.39 is 5.91 Å². The van der Waals surface area contributed by atoms with E-state index in [9.17, 15) is 10.1 Å². The van der Waals surface area contributed by atoms with Gasteiger partial charge in [-0.25, -0.2) is 0 Å². The first-order valence-electron chi connectivity index (χ1n) is 10.7. The highest BCUT2D eigenvalue weighted by Gasteiger charge is 2.18. The average molecular weight is 405 g/mol. The zero-order valence-corrected chi connectivity index (χ0v) is 18.7. The Labute approximate surface area is 180 Å². The lowest BCUT2D eigenvalue weighted by Crippen LogP contribution is -2.17. The van der Waals surface area contributed by atoms with Crippen molar-refractivity contribution in [3.63, 3.8) is 0 Å². The van der Waals surface area contributed by atoms with Gasteiger partial charge in [0.05, 0.1) is 6.61 Å². The van der Waals surface area contributed by atoms with Crippen molar-refractivity contribution < 1.29 is 9.53 Å². The topological polar surface area (TPSA) is 62.1 Å². The highest BCUT2D eigenvalue weighted by atomic mass is 16.5. The predicted molar refractivity (Wildman–Crippen MR) is 124 cm³/mol. The zero-order chi connectivity index (χ0) is 22.1. The van der Waals surface area contributed by atoms with Crippen LogP contribution in [0.1, 0.15) is 76.0 Å². The molecule has 0 aromatic heterocycles. The van der Waals surface area contributed by atoms with E-state index >= 15 is 0 Å². The monoisotopic (exact) mass is 404 g/mol. The van der Waals surface area contributed by atoms with Gasteiger partial charge in [0, 0.05) is 5.69 Å². The van der Waals surface area contributed by atoms with Crippen molar-refractivity contribution in [3.05, 3.63) is 64.7 Å². The van der Waals surface area contributed by atoms with Gasteiger partial charge >= 0.3 is 0 Å². The Hall–Kier alpha value is -3.06. The lowest BCUT2D eigenvalue weighted by atomic mass is 9.92. The number of hydrogen-bond acceptors (Lipinski definition) is 3. The maximum atomic E-state index is 12.9. The van der Waals surface area contributed by atoms with Crippen LogP contribution in [0.25, 0.3) is 6.08 Å². The standard InChI is InChI=1S/C26H32N2O2/c1-6-7-15-30-22-13-11-20(12-14-22)16-21(17-27)26(29)28-25-23(18(2)3)9-8-10-24(25)19(4)5/h8-14,16,18-19H,6-7,15H2,1-5H3,(H,28,29)/b21-16+. The number of carbonyl (C=O) groups is 1. The molecule has 2 rings (SSSR count). The molecule has 0 heterocycles. The molecule has 0 unspecified atom stereocenters. The quantitative estimate of drug-likeness (QED) is 0.289. The van der Waals surface area contributed by atoms with E-state index in [0.717, 1.165) is 41.0 Å². The Kier molecular flexibility index (Phi) is 8.68. The first-order valence-corrected chi connectivity index (χ1v) is 10.7. The van der Waals surface area contributed by atoms with Gasteiger partial charge in [-0.3, -0.25) is 4.79 Å². The first-order chi connectivity index (χ1) is 14.4. The number of benzene rings is 2. The molecule has 0 fully saturated rings. The van der Waals surface area contributed by atoms with Gasteiger partial charge < -0.3 is 10.1 Å². The molecule has 0 aliphatic heterocycles. The molecule has 0 atom stereocenters. The van der Waals surface area contributed by atoms with Crippen LogP contribution in [0.5, 0.6) is 5.75 Å². The van der Waals surface area contributed by atoms with Crippen LogP contribution in [0.4, 0.5) is 5.69 Å². The van der Waals surface area contributed by atoms with E-state index in [0.29, 0.717) is 6.61 Å². The summed E-state index contributed by atoms with van der Waals surface area (Å²) in [4.78, 5) is 12.9. The smallest absolute Gasteiger partial charge is 0.266 e. The summed E-state index contributed by atoms with van der Waals surface area (Å²) >= 11 is 0. The molecule has 1 amide bonds. The molecule has 0 saturated carbocycles. The normalized spacial score (nSPS) is 11.5. The predicted octanol–water partition coefficient (Wildman–Crippen LogP) is 6.66. The van der Waals surface area contributed by atoms with E-state index in [4.69, 9.17) is 4.74 Å². The number of amides is 1. The number of carbonyl (C=O) groups excluding carboxylic acids is 1. The number of ether oxygens (including phenoxy) is 1. The number of anilines is 1. The van der Waals surface area contributed by atoms with Crippen molar-refractivity contribution >= 4 is 17.7 Å². The maximum Gasteiger partial charge on any atom is 0.266 e. The van der Waals surface area contributed by atoms with Crippen LogP contribution >= 0.6 is 0 Å². The van der Waals surface area contributed by atoms with Crippen LogP contribution in [0.15, 0.2) is 48.0 Å². The second-order valence-corrected chi connectivity index (χ2v) is 8.02. The third-order valence-electron chi connectivity index (χ3n) is 4.93. The van der Waals surface area contributed by atoms with Crippen molar-refractivity contribution in [2.75, 3.05) is 11.9 Å². The van der Waals surface area contributed by atoms with Crippen LogP contribution in [0, 0.1) is 11.3 Å². The summed E-state index contributed by atoms with van der Waals surface area (Å²) in [6.45, 7) is 11.2. The van der Waals surface area contributed by atoms with E-state index in [2.05, 4.69) is 39.9 Å². The lowest BCUT2D eigenvalue weighted by molar-refractivity contribution is -0.112. The van der Waals surface area contributed by atoms with Gasteiger partial charge in [-0.2, -0.15) is 5.26 Å². The molecule has 2 aromatic rings. The highest BCUT2D eigenvalue weighted by Crippen LogP contribution is 2.32. The van der Waals surface area contributed by atoms with Crippen molar-refractivity contribution in [1.82, 2.24) is 0 Å². The molecule has 1 N–H and O–H groups in total. The minimum atomic E-state index is -0.393. The number of unbranched alkanes of at least 4 members (excludes halogenated alkanes) is 1. The Morgan fingerprint density at radius 1 is 1.07 bits per heavy atom. The minimum Gasteiger partial charge on any atom is -0.494 e. The van der Waals surface area contributed by atoms with Crippen LogP contribution in [-0.2, 0) is 4.79 Å². The van der Waals surface area contributed by atoms with Crippen LogP contribution in [0.2, 0.25) is 0 Å². The molecule has 158 valence electrons. The Morgan fingerprint density at radius 2 is 1.67 bits per heavy atom. The highest BCUT2D eigenvalue weighted by molar-refractivity contribution is 6.10. The van der Waals surface area contributed by atoms with Gasteiger partial charge in [-0.15, -0.1) is 0 Å². The van der Waals surface area contributed by atoms with Gasteiger partial charge in [0.15, 0.2) is 0 Å². The maximum absolute atomic E-state index is 12.9. The van der Waals surface area contributed by atoms with Crippen molar-refractivity contribution in [2.24, 2.45) is 0 Å². The molecule has 4 heteroatoms. The number of hydrogen-bond donors (Lipinski definition) is 1. The molecule has 0 bridgehead atoms. The average Bonchev–Trinajstić information content (AvgIpc) is 2.72. The summed E-state index contributed by atoms with van der Waals surface area (Å²) < 4.78 is 5.67. The summed E-state index contributed by atoms with van der Waals surface area (Å²) in [5, 5.41) is 12.6. The second kappa shape index (κ2) is 11.2. The van der Waals surface area contributed by atoms with E-state index in [1.807, 2.05) is 48.5 Å². The van der Waals surface area contributed by atoms with Gasteiger partial charge in [0.1, 0.15) is 17.4 Å². The molecule has 4 nitrogen and oxygen atoms in total. The molecule has 2 aromatic carbocycles. The molecule has 0 radical (unpaired) electrons. The van der Waals surface area contributed by atoms with Gasteiger partial charge in [-0.05, 0) is 53.2 Å². The number of para-hydroxylation sites is 1. The molecule has 0 aliphatic rings. The Bertz CT molecular complexity index is 893. The third kappa shape index (κ3) is 6.22. The van der Waals surface area contributed by atoms with Crippen LogP contribution < -0.4 is 10.1 Å². The zero-order valence-electron chi connectivity index (χ0n) is 18.7. The third-order valence-corrected chi connectivity index (χ3v) is 4.93. The van der Waals surface area contributed by atoms with Crippen LogP contribution in [0.3, 0.4) is 0 Å². The fourth-order valence-electron chi connectivity index (χ4n) is 3.19. The fourth-order valence-corrected chi connectivity index (χ4v) is 3.19. The fraction of sp³-hybridized carbons (Fsp3) is 0.385. The molecule has 0 spiro atoms. The SMILES string of the molecule is CCCCOc1ccc(/C=C(\C#N)C(=O)Nc2c(C(C)C)cccc2C(C)C)cc1. The summed E-state index contributed by atoms with van der Waals surface area (Å²) in [5.74, 6) is 0.911. The minimum absolute atomic E-state index is 0.0721. The number of nitrogens with zero attached hydrogens (tertiary/aromatic N) is 1. The molecule has 0 aliphatic carbocycles. The number of rotatable bonds is 9. The molecular weight excluding hydrogens is 372 g/mol. The summed E-state index contributed by atoms with van der Waals surface area (Å²) in [5.41, 5.74) is 3.81. The Morgan fingerprint density at radius 3 is 2.17 bits per heavy atom. The van der Waals surface area contributed by atoms with Crippen LogP contribution in [-0.4, -0.2) is 12.5 Å². The van der Waals surface area contributed by atoms with Crippen molar-refractivity contribution in [1.29, 1.82) is 5.26 Å². The first kappa shape index (κ1) is 23.2. The number of nitrogens with one attached hydrogen (secondary N) is 1. The molecular formula is C26H32N2O2. The lowest BCUT2D eigenvalue weighted by Gasteiger charge is -2.20. The van der Waals surface area contributed by atoms with Gasteiger partial charge in [-0.1, -0.05) is 71.4 Å². The molecule has 0 saturated heterocycles. The summed E-state index contributed by atoms with van der Waals surface area (Å²) in [6.07, 6.45) is 3.70. The van der Waals surface area contributed by atoms with E-state index in [1.54, 1.807) is 6.08 Å². The summed E-state index contributed by atoms with van der Waals surface area (Å²) in [7, 11) is 0. The summed E-state index contributed by atoms with van der Waals surface area (Å²) in [6, 6.07) is 15.5. The Balaban J connectivity index is 2.24. The van der Waals surface area contributed by atoms with Crippen molar-refractivity contribution in [2.45, 2.75) is 59.3 Å². The van der Waals surface area contributed by atoms with Crippen molar-refractivity contribution in [3.8, 4) is 11.8 Å². The number of nitriles is 1. The van der Waals surface area contributed by atoms with E-state index in [1.165, 1.54) is 0 Å². The molecule has 30 heavy (non-hydrogen) atoms. The van der Waals surface area contributed by atoms with Gasteiger partial charge in [0.25, 0.3) is 5.91 Å². The van der Waals surface area contributed by atoms with E-state index in [-0.39, 0.29) is 17.4 Å². The van der Waals surface area contributed by atoms with Gasteiger partial charge in [0.2, 0.25) is 0 Å². The second-order valence-electron chi connectivity index (χ2n) is 8.02. The largest absolute Gasteiger partial charge is 0.494 e.